The van der Waals surface area contributed by atoms with E-state index in [4.69, 9.17) is 0 Å². The zero-order valence-corrected chi connectivity index (χ0v) is 7.47. The van der Waals surface area contributed by atoms with Crippen LogP contribution in [0.3, 0.4) is 0 Å². The number of H-pyrrole nitrogens is 1. The minimum atomic E-state index is 0.157. The van der Waals surface area contributed by atoms with Gasteiger partial charge in [0.05, 0.1) is 0 Å². The van der Waals surface area contributed by atoms with Crippen molar-refractivity contribution >= 4 is 0 Å². The molecule has 0 saturated heterocycles. The minimum Gasteiger partial charge on any atom is -0.367 e. The van der Waals surface area contributed by atoms with Gasteiger partial charge < -0.3 is 4.98 Å². The van der Waals surface area contributed by atoms with Gasteiger partial charge in [-0.3, -0.25) is 4.79 Å². The van der Waals surface area contributed by atoms with E-state index in [2.05, 4.69) is 11.9 Å². The maximum absolute atomic E-state index is 11.2. The van der Waals surface area contributed by atoms with E-state index in [1.54, 1.807) is 18.5 Å². The van der Waals surface area contributed by atoms with Gasteiger partial charge in [0.15, 0.2) is 5.43 Å². The highest BCUT2D eigenvalue weighted by molar-refractivity contribution is 5.08. The molecule has 0 fully saturated rings. The van der Waals surface area contributed by atoms with Gasteiger partial charge >= 0.3 is 0 Å². The second-order valence-electron chi connectivity index (χ2n) is 2.99. The third kappa shape index (κ3) is 2.53. The van der Waals surface area contributed by atoms with Crippen molar-refractivity contribution in [2.24, 2.45) is 0 Å². The smallest absolute Gasteiger partial charge is 0.184 e. The first-order valence-corrected chi connectivity index (χ1v) is 4.50. The predicted octanol–water partition coefficient (Wildman–Crippen LogP) is 2.11. The van der Waals surface area contributed by atoms with Crippen LogP contribution in [0, 0.1) is 0 Å². The fraction of sp³-hybridized carbons (Fsp3) is 0.500. The van der Waals surface area contributed by atoms with E-state index in [0.29, 0.717) is 0 Å². The van der Waals surface area contributed by atoms with E-state index >= 15 is 0 Å². The molecule has 0 saturated carbocycles. The lowest BCUT2D eigenvalue weighted by Gasteiger charge is -1.97. The summed E-state index contributed by atoms with van der Waals surface area (Å²) in [7, 11) is 0. The van der Waals surface area contributed by atoms with Crippen LogP contribution in [0.5, 0.6) is 0 Å². The summed E-state index contributed by atoms with van der Waals surface area (Å²) >= 11 is 0. The molecule has 0 spiro atoms. The van der Waals surface area contributed by atoms with Gasteiger partial charge in [-0.05, 0) is 12.8 Å². The number of nitrogens with one attached hydrogen (secondary N) is 1. The van der Waals surface area contributed by atoms with Crippen LogP contribution in [0.2, 0.25) is 0 Å². The first kappa shape index (κ1) is 9.04. The second-order valence-corrected chi connectivity index (χ2v) is 2.99. The van der Waals surface area contributed by atoms with Crippen LogP contribution in [0.4, 0.5) is 0 Å². The summed E-state index contributed by atoms with van der Waals surface area (Å²) < 4.78 is 0. The number of aromatic amines is 1. The molecular formula is C10H15NO. The van der Waals surface area contributed by atoms with Gasteiger partial charge in [-0.25, -0.2) is 0 Å². The molecule has 0 aliphatic rings. The molecule has 12 heavy (non-hydrogen) atoms. The van der Waals surface area contributed by atoms with Crippen molar-refractivity contribution in [3.8, 4) is 0 Å². The molecule has 1 heterocycles. The molecule has 0 amide bonds. The summed E-state index contributed by atoms with van der Waals surface area (Å²) in [5.74, 6) is 0. The molecule has 0 aliphatic heterocycles. The lowest BCUT2D eigenvalue weighted by molar-refractivity contribution is 0.714. The zero-order chi connectivity index (χ0) is 8.81. The second kappa shape index (κ2) is 4.75. The average Bonchev–Trinajstić information content (AvgIpc) is 2.09. The molecule has 0 bridgehead atoms. The van der Waals surface area contributed by atoms with Crippen molar-refractivity contribution in [1.82, 2.24) is 4.98 Å². The number of pyridine rings is 1. The number of hydrogen-bond donors (Lipinski definition) is 1. The highest BCUT2D eigenvalue weighted by Gasteiger charge is 1.96. The number of unbranched alkanes of at least 4 members (excludes halogenated alkanes) is 2. The Morgan fingerprint density at radius 1 is 1.42 bits per heavy atom. The van der Waals surface area contributed by atoms with Crippen molar-refractivity contribution in [2.45, 2.75) is 32.6 Å². The Hall–Kier alpha value is -1.05. The summed E-state index contributed by atoms with van der Waals surface area (Å²) in [6.45, 7) is 2.16. The molecule has 0 aromatic carbocycles. The monoisotopic (exact) mass is 165 g/mol. The molecule has 1 aromatic heterocycles. The molecule has 2 heteroatoms. The van der Waals surface area contributed by atoms with Crippen molar-refractivity contribution in [1.29, 1.82) is 0 Å². The number of hydrogen-bond acceptors (Lipinski definition) is 1. The Kier molecular flexibility index (Phi) is 3.58. The summed E-state index contributed by atoms with van der Waals surface area (Å²) in [4.78, 5) is 14.1. The van der Waals surface area contributed by atoms with Gasteiger partial charge in [0, 0.05) is 24.0 Å². The van der Waals surface area contributed by atoms with Crippen LogP contribution in [-0.4, -0.2) is 4.98 Å². The van der Waals surface area contributed by atoms with Gasteiger partial charge in [0.1, 0.15) is 0 Å². The van der Waals surface area contributed by atoms with E-state index in [9.17, 15) is 4.79 Å². The standard InChI is InChI=1S/C10H15NO/c1-2-3-4-5-9-8-11-7-6-10(9)12/h6-8H,2-5H2,1H3,(H,11,12). The quantitative estimate of drug-likeness (QED) is 0.681. The Labute approximate surface area is 72.6 Å². The van der Waals surface area contributed by atoms with Gasteiger partial charge in [0.25, 0.3) is 0 Å². The van der Waals surface area contributed by atoms with Crippen molar-refractivity contribution in [3.63, 3.8) is 0 Å². The molecule has 0 atom stereocenters. The molecule has 1 aromatic rings. The SMILES string of the molecule is CCCCCc1c[nH]ccc1=O. The molecule has 0 unspecified atom stereocenters. The van der Waals surface area contributed by atoms with Crippen molar-refractivity contribution in [3.05, 3.63) is 34.2 Å². The Morgan fingerprint density at radius 2 is 2.25 bits per heavy atom. The third-order valence-electron chi connectivity index (χ3n) is 1.95. The maximum atomic E-state index is 11.2. The van der Waals surface area contributed by atoms with Crippen LogP contribution in [0.1, 0.15) is 31.7 Å². The number of aromatic nitrogens is 1. The van der Waals surface area contributed by atoms with Gasteiger partial charge in [-0.2, -0.15) is 0 Å². The molecule has 2 nitrogen and oxygen atoms in total. The summed E-state index contributed by atoms with van der Waals surface area (Å²) in [6, 6.07) is 1.58. The van der Waals surface area contributed by atoms with Gasteiger partial charge in [0.2, 0.25) is 0 Å². The maximum Gasteiger partial charge on any atom is 0.184 e. The third-order valence-corrected chi connectivity index (χ3v) is 1.95. The predicted molar refractivity (Wildman–Crippen MR) is 50.3 cm³/mol. The van der Waals surface area contributed by atoms with Crippen LogP contribution in [0.25, 0.3) is 0 Å². The lowest BCUT2D eigenvalue weighted by atomic mass is 10.1. The minimum absolute atomic E-state index is 0.157. The first-order valence-electron chi connectivity index (χ1n) is 4.50. The number of aryl methyl sites for hydroxylation is 1. The Morgan fingerprint density at radius 3 is 2.92 bits per heavy atom. The van der Waals surface area contributed by atoms with E-state index in [1.807, 2.05) is 0 Å². The lowest BCUT2D eigenvalue weighted by Crippen LogP contribution is -2.06. The summed E-state index contributed by atoms with van der Waals surface area (Å²) in [5.41, 5.74) is 1.07. The highest BCUT2D eigenvalue weighted by atomic mass is 16.1. The van der Waals surface area contributed by atoms with E-state index in [0.717, 1.165) is 18.4 Å². The van der Waals surface area contributed by atoms with Crippen molar-refractivity contribution in [2.75, 3.05) is 0 Å². The van der Waals surface area contributed by atoms with Crippen LogP contribution >= 0.6 is 0 Å². The first-order chi connectivity index (χ1) is 5.84. The molecule has 1 rings (SSSR count). The van der Waals surface area contributed by atoms with Crippen LogP contribution < -0.4 is 5.43 Å². The van der Waals surface area contributed by atoms with E-state index in [-0.39, 0.29) is 5.43 Å². The average molecular weight is 165 g/mol. The molecule has 1 N–H and O–H groups in total. The van der Waals surface area contributed by atoms with Crippen molar-refractivity contribution < 1.29 is 0 Å². The van der Waals surface area contributed by atoms with Crippen LogP contribution in [0.15, 0.2) is 23.3 Å². The van der Waals surface area contributed by atoms with E-state index in [1.165, 1.54) is 12.8 Å². The van der Waals surface area contributed by atoms with Crippen LogP contribution in [-0.2, 0) is 6.42 Å². The topological polar surface area (TPSA) is 32.9 Å². The zero-order valence-electron chi connectivity index (χ0n) is 7.47. The van der Waals surface area contributed by atoms with Gasteiger partial charge in [-0.15, -0.1) is 0 Å². The molecule has 0 aliphatic carbocycles. The molecule has 66 valence electrons. The Bertz CT molecular complexity index is 277. The highest BCUT2D eigenvalue weighted by Crippen LogP contribution is 2.00. The Balaban J connectivity index is 2.52. The normalized spacial score (nSPS) is 10.1. The summed E-state index contributed by atoms with van der Waals surface area (Å²) in [5, 5.41) is 0. The largest absolute Gasteiger partial charge is 0.367 e. The molecule has 0 radical (unpaired) electrons. The number of rotatable bonds is 4. The van der Waals surface area contributed by atoms with Gasteiger partial charge in [-0.1, -0.05) is 19.8 Å². The fourth-order valence-electron chi connectivity index (χ4n) is 1.21. The van der Waals surface area contributed by atoms with E-state index < -0.39 is 0 Å². The summed E-state index contributed by atoms with van der Waals surface area (Å²) in [6.07, 6.45) is 7.90. The molecular weight excluding hydrogens is 150 g/mol. The fourth-order valence-corrected chi connectivity index (χ4v) is 1.21.